The molecule has 5 heteroatoms. The SMILES string of the molecule is COc1ccc([C@@H]2CCCC[C@@H]2[N+](=O)[O-])cc1OC. The molecule has 1 aliphatic carbocycles. The van der Waals surface area contributed by atoms with Crippen molar-refractivity contribution in [2.24, 2.45) is 0 Å². The lowest BCUT2D eigenvalue weighted by Crippen LogP contribution is -2.30. The maximum Gasteiger partial charge on any atom is 0.219 e. The van der Waals surface area contributed by atoms with Gasteiger partial charge in [0.2, 0.25) is 6.04 Å². The predicted octanol–water partition coefficient (Wildman–Crippen LogP) is 3.01. The van der Waals surface area contributed by atoms with Gasteiger partial charge >= 0.3 is 0 Å². The summed E-state index contributed by atoms with van der Waals surface area (Å²) in [5, 5.41) is 11.2. The van der Waals surface area contributed by atoms with E-state index in [0.29, 0.717) is 17.9 Å². The summed E-state index contributed by atoms with van der Waals surface area (Å²) in [7, 11) is 3.16. The molecule has 0 bridgehead atoms. The second-order valence-corrected chi connectivity index (χ2v) is 4.86. The lowest BCUT2D eigenvalue weighted by molar-refractivity contribution is -0.530. The molecule has 1 aromatic rings. The second-order valence-electron chi connectivity index (χ2n) is 4.86. The standard InChI is InChI=1S/C14H19NO4/c1-18-13-8-7-10(9-14(13)19-2)11-5-3-4-6-12(11)15(16)17/h7-9,11-12H,3-6H2,1-2H3/t11-,12-/m0/s1. The van der Waals surface area contributed by atoms with Crippen LogP contribution in [-0.4, -0.2) is 25.2 Å². The van der Waals surface area contributed by atoms with E-state index in [9.17, 15) is 10.1 Å². The van der Waals surface area contributed by atoms with Crippen molar-refractivity contribution in [3.05, 3.63) is 33.9 Å². The highest BCUT2D eigenvalue weighted by Gasteiger charge is 2.35. The van der Waals surface area contributed by atoms with Crippen molar-refractivity contribution in [3.63, 3.8) is 0 Å². The Morgan fingerprint density at radius 3 is 2.47 bits per heavy atom. The first-order valence-corrected chi connectivity index (χ1v) is 6.52. The molecule has 0 aromatic heterocycles. The molecule has 104 valence electrons. The molecule has 0 unspecified atom stereocenters. The molecule has 0 heterocycles. The van der Waals surface area contributed by atoms with Gasteiger partial charge in [0.1, 0.15) is 0 Å². The molecule has 1 fully saturated rings. The first kappa shape index (κ1) is 13.6. The van der Waals surface area contributed by atoms with Crippen LogP contribution in [-0.2, 0) is 0 Å². The molecule has 2 atom stereocenters. The van der Waals surface area contributed by atoms with E-state index in [-0.39, 0.29) is 10.8 Å². The van der Waals surface area contributed by atoms with Crippen LogP contribution in [0.3, 0.4) is 0 Å². The van der Waals surface area contributed by atoms with Crippen LogP contribution in [0.4, 0.5) is 0 Å². The van der Waals surface area contributed by atoms with E-state index in [2.05, 4.69) is 0 Å². The number of methoxy groups -OCH3 is 2. The normalized spacial score (nSPS) is 22.8. The zero-order valence-corrected chi connectivity index (χ0v) is 11.3. The van der Waals surface area contributed by atoms with E-state index >= 15 is 0 Å². The lowest BCUT2D eigenvalue weighted by Gasteiger charge is -2.26. The summed E-state index contributed by atoms with van der Waals surface area (Å²) in [5.41, 5.74) is 0.971. The lowest BCUT2D eigenvalue weighted by atomic mass is 9.80. The third-order valence-electron chi connectivity index (χ3n) is 3.84. The van der Waals surface area contributed by atoms with Gasteiger partial charge in [-0.15, -0.1) is 0 Å². The van der Waals surface area contributed by atoms with Gasteiger partial charge in [0, 0.05) is 11.3 Å². The summed E-state index contributed by atoms with van der Waals surface area (Å²) in [6.45, 7) is 0. The van der Waals surface area contributed by atoms with Crippen LogP contribution in [0.15, 0.2) is 18.2 Å². The van der Waals surface area contributed by atoms with Crippen LogP contribution in [0.1, 0.15) is 37.2 Å². The zero-order chi connectivity index (χ0) is 13.8. The summed E-state index contributed by atoms with van der Waals surface area (Å²) in [6, 6.07) is 5.12. The summed E-state index contributed by atoms with van der Waals surface area (Å²) in [4.78, 5) is 11.0. The molecule has 2 rings (SSSR count). The third kappa shape index (κ3) is 2.80. The number of nitrogens with zero attached hydrogens (tertiary/aromatic N) is 1. The minimum Gasteiger partial charge on any atom is -0.493 e. The maximum absolute atomic E-state index is 11.2. The molecular weight excluding hydrogens is 246 g/mol. The molecule has 5 nitrogen and oxygen atoms in total. The molecule has 1 aromatic carbocycles. The Balaban J connectivity index is 2.31. The zero-order valence-electron chi connectivity index (χ0n) is 11.3. The van der Waals surface area contributed by atoms with Crippen molar-refractivity contribution in [1.82, 2.24) is 0 Å². The number of rotatable bonds is 4. The highest BCUT2D eigenvalue weighted by atomic mass is 16.6. The fraction of sp³-hybridized carbons (Fsp3) is 0.571. The van der Waals surface area contributed by atoms with E-state index in [1.807, 2.05) is 18.2 Å². The minimum atomic E-state index is -0.480. The van der Waals surface area contributed by atoms with E-state index in [0.717, 1.165) is 24.8 Å². The Morgan fingerprint density at radius 2 is 1.84 bits per heavy atom. The van der Waals surface area contributed by atoms with E-state index in [4.69, 9.17) is 9.47 Å². The Morgan fingerprint density at radius 1 is 1.16 bits per heavy atom. The van der Waals surface area contributed by atoms with Crippen LogP contribution in [0.25, 0.3) is 0 Å². The largest absolute Gasteiger partial charge is 0.493 e. The summed E-state index contributed by atoms with van der Waals surface area (Å²) >= 11 is 0. The van der Waals surface area contributed by atoms with Gasteiger partial charge in [-0.05, 0) is 30.5 Å². The van der Waals surface area contributed by atoms with Crippen LogP contribution in [0, 0.1) is 10.1 Å². The molecular formula is C14H19NO4. The van der Waals surface area contributed by atoms with Gasteiger partial charge in [0.05, 0.1) is 20.1 Å². The molecule has 1 aliphatic rings. The average Bonchev–Trinajstić information content (AvgIpc) is 2.46. The number of hydrogen-bond acceptors (Lipinski definition) is 4. The van der Waals surface area contributed by atoms with E-state index in [1.165, 1.54) is 0 Å². The number of ether oxygens (including phenoxy) is 2. The number of hydrogen-bond donors (Lipinski definition) is 0. The van der Waals surface area contributed by atoms with Crippen LogP contribution < -0.4 is 9.47 Å². The van der Waals surface area contributed by atoms with Crippen LogP contribution in [0.2, 0.25) is 0 Å². The van der Waals surface area contributed by atoms with Crippen molar-refractivity contribution in [2.45, 2.75) is 37.6 Å². The van der Waals surface area contributed by atoms with Crippen molar-refractivity contribution in [2.75, 3.05) is 14.2 Å². The van der Waals surface area contributed by atoms with Crippen LogP contribution in [0.5, 0.6) is 11.5 Å². The monoisotopic (exact) mass is 265 g/mol. The van der Waals surface area contributed by atoms with Gasteiger partial charge in [-0.2, -0.15) is 0 Å². The van der Waals surface area contributed by atoms with Gasteiger partial charge in [0.25, 0.3) is 0 Å². The average molecular weight is 265 g/mol. The van der Waals surface area contributed by atoms with Crippen molar-refractivity contribution in [1.29, 1.82) is 0 Å². The fourth-order valence-corrected chi connectivity index (χ4v) is 2.84. The molecule has 0 saturated heterocycles. The smallest absolute Gasteiger partial charge is 0.219 e. The fourth-order valence-electron chi connectivity index (χ4n) is 2.84. The van der Waals surface area contributed by atoms with Crippen molar-refractivity contribution < 1.29 is 14.4 Å². The molecule has 0 amide bonds. The predicted molar refractivity (Wildman–Crippen MR) is 71.5 cm³/mol. The topological polar surface area (TPSA) is 61.6 Å². The summed E-state index contributed by atoms with van der Waals surface area (Å²) < 4.78 is 10.5. The van der Waals surface area contributed by atoms with Gasteiger partial charge in [-0.1, -0.05) is 12.5 Å². The van der Waals surface area contributed by atoms with Crippen molar-refractivity contribution in [3.8, 4) is 11.5 Å². The highest BCUT2D eigenvalue weighted by molar-refractivity contribution is 5.44. The van der Waals surface area contributed by atoms with Gasteiger partial charge in [-0.25, -0.2) is 0 Å². The summed E-state index contributed by atoms with van der Waals surface area (Å²) in [6.07, 6.45) is 3.51. The van der Waals surface area contributed by atoms with Gasteiger partial charge in [-0.3, -0.25) is 10.1 Å². The molecule has 0 radical (unpaired) electrons. The Hall–Kier alpha value is -1.78. The molecule has 1 saturated carbocycles. The Labute approximate surface area is 112 Å². The minimum absolute atomic E-state index is 0.0245. The van der Waals surface area contributed by atoms with Crippen LogP contribution >= 0.6 is 0 Å². The van der Waals surface area contributed by atoms with Crippen molar-refractivity contribution >= 4 is 0 Å². The first-order valence-electron chi connectivity index (χ1n) is 6.52. The number of benzene rings is 1. The quantitative estimate of drug-likeness (QED) is 0.620. The highest BCUT2D eigenvalue weighted by Crippen LogP contribution is 2.38. The third-order valence-corrected chi connectivity index (χ3v) is 3.84. The van der Waals surface area contributed by atoms with Gasteiger partial charge < -0.3 is 9.47 Å². The molecule has 19 heavy (non-hydrogen) atoms. The Kier molecular flexibility index (Phi) is 4.24. The first-order chi connectivity index (χ1) is 9.17. The Bertz CT molecular complexity index is 461. The summed E-state index contributed by atoms with van der Waals surface area (Å²) in [5.74, 6) is 1.26. The van der Waals surface area contributed by atoms with Gasteiger partial charge in [0.15, 0.2) is 11.5 Å². The second kappa shape index (κ2) is 5.91. The van der Waals surface area contributed by atoms with E-state index in [1.54, 1.807) is 14.2 Å². The molecule has 0 N–H and O–H groups in total. The molecule has 0 aliphatic heterocycles. The number of nitro groups is 1. The maximum atomic E-state index is 11.2. The van der Waals surface area contributed by atoms with E-state index < -0.39 is 6.04 Å². The molecule has 0 spiro atoms.